The van der Waals surface area contributed by atoms with Gasteiger partial charge in [0.25, 0.3) is 0 Å². The molecule has 10 rings (SSSR count). The summed E-state index contributed by atoms with van der Waals surface area (Å²) in [5.41, 5.74) is 2.83. The molecule has 230 valence electrons. The summed E-state index contributed by atoms with van der Waals surface area (Å²) in [5.74, 6) is -1.91. The van der Waals surface area contributed by atoms with Crippen LogP contribution in [0.25, 0.3) is 16.6 Å². The largest absolute Gasteiger partial charge is 0.492 e. The first-order valence-corrected chi connectivity index (χ1v) is 15.7. The van der Waals surface area contributed by atoms with Gasteiger partial charge in [0, 0.05) is 75.2 Å². The highest BCUT2D eigenvalue weighted by Crippen LogP contribution is 2.43. The number of carbonyl (C=O) groups is 1. The maximum Gasteiger partial charge on any atom is 0.248 e. The molecule has 0 aromatic carbocycles. The minimum Gasteiger partial charge on any atom is -0.492 e. The molecule has 5 atom stereocenters. The van der Waals surface area contributed by atoms with E-state index in [1.165, 1.54) is 6.42 Å². The molecule has 6 aliphatic heterocycles. The summed E-state index contributed by atoms with van der Waals surface area (Å²) in [6.07, 6.45) is 8.71. The van der Waals surface area contributed by atoms with E-state index in [1.807, 2.05) is 29.3 Å². The number of fused-ring (bicyclic) bond motifs is 5. The van der Waals surface area contributed by atoms with Crippen LogP contribution in [-0.2, 0) is 9.53 Å². The fraction of sp³-hybridized carbons (Fsp3) is 0.562. The number of morpholine rings is 1. The molecule has 10 nitrogen and oxygen atoms in total. The number of piperidine rings is 2. The average Bonchev–Trinajstić information content (AvgIpc) is 3.61. The molecule has 7 fully saturated rings. The normalized spacial score (nSPS) is 28.8. The van der Waals surface area contributed by atoms with Crippen molar-refractivity contribution >= 4 is 17.2 Å². The number of rotatable bonds is 8. The topological polar surface area (TPSA) is 99.2 Å². The van der Waals surface area contributed by atoms with Crippen LogP contribution in [0.5, 0.6) is 5.75 Å². The maximum atomic E-state index is 13.7. The molecular formula is C32H35F2N7O3. The smallest absolute Gasteiger partial charge is 0.248 e. The summed E-state index contributed by atoms with van der Waals surface area (Å²) in [4.78, 5) is 24.3. The number of hydrogen-bond donors (Lipinski definition) is 0. The lowest BCUT2D eigenvalue weighted by Crippen LogP contribution is -2.71. The second-order valence-electron chi connectivity index (χ2n) is 13.0. The van der Waals surface area contributed by atoms with Gasteiger partial charge < -0.3 is 19.3 Å². The van der Waals surface area contributed by atoms with Crippen LogP contribution in [0, 0.1) is 17.2 Å². The lowest BCUT2D eigenvalue weighted by molar-refractivity contribution is -0.180. The van der Waals surface area contributed by atoms with Crippen LogP contribution in [0.2, 0.25) is 0 Å². The fourth-order valence-corrected chi connectivity index (χ4v) is 7.84. The van der Waals surface area contributed by atoms with Crippen molar-refractivity contribution in [1.82, 2.24) is 24.4 Å². The van der Waals surface area contributed by atoms with Gasteiger partial charge in [0.2, 0.25) is 11.8 Å². The standard InChI is InChI=1S/C32H35F2N7O3/c33-32(34)5-4-20(11-32)31(42)41-23-8-24(41)16-39(15-23)29-3-2-21(13-36-29)28-10-25(19-40-30(28)22(12-35)14-37-40)43-7-1-6-38-17-26-9-27(18-38)44-26/h2-3,10,13-14,19-20,23-24,26-27H,1,4-9,11,15-18H2. The number of nitriles is 1. The van der Waals surface area contributed by atoms with Gasteiger partial charge in [-0.15, -0.1) is 0 Å². The molecule has 0 radical (unpaired) electrons. The highest BCUT2D eigenvalue weighted by molar-refractivity contribution is 5.85. The van der Waals surface area contributed by atoms with Crippen LogP contribution in [0.4, 0.5) is 14.6 Å². The van der Waals surface area contributed by atoms with Gasteiger partial charge in [-0.25, -0.2) is 18.3 Å². The Morgan fingerprint density at radius 2 is 1.93 bits per heavy atom. The number of halogens is 2. The molecule has 9 heterocycles. The zero-order valence-electron chi connectivity index (χ0n) is 24.4. The van der Waals surface area contributed by atoms with Crippen molar-refractivity contribution in [2.24, 2.45) is 5.92 Å². The SMILES string of the molecule is N#Cc1cnn2cc(OCCCN3CC4CC(C3)O4)cc(-c3ccc(N4CC5CC(C4)N5C(=O)C4CCC(F)(F)C4)nc3)c12. The number of nitrogens with zero attached hydrogens (tertiary/aromatic N) is 7. The number of ether oxygens (including phenoxy) is 2. The zero-order chi connectivity index (χ0) is 30.0. The highest BCUT2D eigenvalue weighted by Gasteiger charge is 2.52. The molecule has 4 bridgehead atoms. The summed E-state index contributed by atoms with van der Waals surface area (Å²) >= 11 is 0. The molecule has 7 aliphatic rings. The number of aromatic nitrogens is 3. The molecule has 5 unspecified atom stereocenters. The Balaban J connectivity index is 0.942. The second kappa shape index (κ2) is 10.7. The van der Waals surface area contributed by atoms with Gasteiger partial charge >= 0.3 is 0 Å². The molecule has 44 heavy (non-hydrogen) atoms. The first kappa shape index (κ1) is 27.7. The number of anilines is 1. The number of carbonyl (C=O) groups excluding carboxylic acids is 1. The molecule has 0 N–H and O–H groups in total. The summed E-state index contributed by atoms with van der Waals surface area (Å²) in [6.45, 7) is 4.81. The number of piperazine rings is 1. The van der Waals surface area contributed by atoms with Gasteiger partial charge in [0.15, 0.2) is 0 Å². The van der Waals surface area contributed by atoms with E-state index in [1.54, 1.807) is 16.9 Å². The minimum absolute atomic E-state index is 0.0318. The van der Waals surface area contributed by atoms with Crippen molar-refractivity contribution in [2.75, 3.05) is 44.2 Å². The van der Waals surface area contributed by atoms with Gasteiger partial charge in [0.05, 0.1) is 54.4 Å². The van der Waals surface area contributed by atoms with Crippen molar-refractivity contribution in [1.29, 1.82) is 5.26 Å². The minimum atomic E-state index is -2.72. The van der Waals surface area contributed by atoms with Crippen molar-refractivity contribution in [3.05, 3.63) is 42.4 Å². The van der Waals surface area contributed by atoms with Crippen molar-refractivity contribution < 1.29 is 23.0 Å². The van der Waals surface area contributed by atoms with E-state index >= 15 is 0 Å². The second-order valence-corrected chi connectivity index (χ2v) is 13.0. The molecule has 3 aromatic rings. The van der Waals surface area contributed by atoms with Crippen molar-refractivity contribution in [3.8, 4) is 22.9 Å². The molecule has 6 saturated heterocycles. The predicted octanol–water partition coefficient (Wildman–Crippen LogP) is 3.73. The summed E-state index contributed by atoms with van der Waals surface area (Å²) in [6, 6.07) is 8.21. The lowest BCUT2D eigenvalue weighted by atomic mass is 9.85. The summed E-state index contributed by atoms with van der Waals surface area (Å²) in [7, 11) is 0. The molecule has 1 saturated carbocycles. The third-order valence-electron chi connectivity index (χ3n) is 10.0. The van der Waals surface area contributed by atoms with E-state index in [9.17, 15) is 18.8 Å². The Morgan fingerprint density at radius 1 is 1.14 bits per heavy atom. The predicted molar refractivity (Wildman–Crippen MR) is 157 cm³/mol. The Bertz CT molecular complexity index is 1590. The fourth-order valence-electron chi connectivity index (χ4n) is 7.84. The molecular weight excluding hydrogens is 568 g/mol. The van der Waals surface area contributed by atoms with Crippen LogP contribution >= 0.6 is 0 Å². The molecule has 1 amide bonds. The molecule has 12 heteroatoms. The van der Waals surface area contributed by atoms with Crippen LogP contribution < -0.4 is 9.64 Å². The first-order valence-electron chi connectivity index (χ1n) is 15.7. The molecule has 3 aromatic heterocycles. The Labute approximate surface area is 254 Å². The van der Waals surface area contributed by atoms with Gasteiger partial charge in [0.1, 0.15) is 17.6 Å². The van der Waals surface area contributed by atoms with Crippen LogP contribution in [0.3, 0.4) is 0 Å². The van der Waals surface area contributed by atoms with Gasteiger partial charge in [-0.1, -0.05) is 0 Å². The van der Waals surface area contributed by atoms with E-state index in [0.717, 1.165) is 49.4 Å². The Hall–Kier alpha value is -3.82. The monoisotopic (exact) mass is 603 g/mol. The van der Waals surface area contributed by atoms with E-state index < -0.39 is 11.8 Å². The number of amides is 1. The number of hydrogen-bond acceptors (Lipinski definition) is 8. The van der Waals surface area contributed by atoms with Gasteiger partial charge in [-0.05, 0) is 37.5 Å². The summed E-state index contributed by atoms with van der Waals surface area (Å²) in [5, 5.41) is 14.1. The quantitative estimate of drug-likeness (QED) is 0.360. The van der Waals surface area contributed by atoms with Crippen LogP contribution in [-0.4, -0.2) is 99.8 Å². The van der Waals surface area contributed by atoms with E-state index in [2.05, 4.69) is 21.0 Å². The van der Waals surface area contributed by atoms with E-state index in [0.29, 0.717) is 48.7 Å². The zero-order valence-corrected chi connectivity index (χ0v) is 24.4. The third kappa shape index (κ3) is 4.96. The Morgan fingerprint density at radius 3 is 2.61 bits per heavy atom. The molecule has 1 aliphatic carbocycles. The van der Waals surface area contributed by atoms with Crippen molar-refractivity contribution in [3.63, 3.8) is 0 Å². The average molecular weight is 604 g/mol. The highest BCUT2D eigenvalue weighted by atomic mass is 19.3. The molecule has 0 spiro atoms. The number of alkyl halides is 2. The van der Waals surface area contributed by atoms with Gasteiger partial charge in [-0.3, -0.25) is 9.69 Å². The van der Waals surface area contributed by atoms with Gasteiger partial charge in [-0.2, -0.15) is 10.4 Å². The van der Waals surface area contributed by atoms with E-state index in [4.69, 9.17) is 14.5 Å². The maximum absolute atomic E-state index is 13.7. The van der Waals surface area contributed by atoms with E-state index in [-0.39, 0.29) is 37.3 Å². The van der Waals surface area contributed by atoms with Crippen molar-refractivity contribution in [2.45, 2.75) is 68.7 Å². The van der Waals surface area contributed by atoms with Crippen LogP contribution in [0.15, 0.2) is 36.8 Å². The Kier molecular flexibility index (Phi) is 6.72. The summed E-state index contributed by atoms with van der Waals surface area (Å²) < 4.78 is 41.0. The third-order valence-corrected chi connectivity index (χ3v) is 10.0. The number of pyridine rings is 2. The first-order chi connectivity index (χ1) is 21.3. The lowest BCUT2D eigenvalue weighted by Gasteiger charge is -2.57. The van der Waals surface area contributed by atoms with Crippen LogP contribution in [0.1, 0.15) is 44.1 Å².